The number of nitrogens with one attached hydrogen (secondary N) is 1. The van der Waals surface area contributed by atoms with E-state index in [2.05, 4.69) is 20.4 Å². The average molecular weight is 477 g/mol. The number of hydrogen-bond donors (Lipinski definition) is 2. The molecule has 1 amide bonds. The highest BCUT2D eigenvalue weighted by atomic mass is 16.5. The summed E-state index contributed by atoms with van der Waals surface area (Å²) in [7, 11) is 1.38. The van der Waals surface area contributed by atoms with Crippen LogP contribution in [0.2, 0.25) is 0 Å². The zero-order valence-electron chi connectivity index (χ0n) is 18.9. The monoisotopic (exact) mass is 477 g/mol. The van der Waals surface area contributed by atoms with Crippen molar-refractivity contribution in [3.05, 3.63) is 58.8 Å². The van der Waals surface area contributed by atoms with Gasteiger partial charge >= 0.3 is 17.7 Å². The number of carboxylic acid groups (broad SMARTS) is 1. The summed E-state index contributed by atoms with van der Waals surface area (Å²) >= 11 is 0. The molecule has 1 saturated carbocycles. The maximum absolute atomic E-state index is 13.7. The number of amides is 1. The second-order valence-corrected chi connectivity index (χ2v) is 8.29. The molecule has 2 aromatic carbocycles. The molecule has 5 rings (SSSR count). The molecule has 35 heavy (non-hydrogen) atoms. The number of fused-ring (bicyclic) bond motifs is 1. The first-order chi connectivity index (χ1) is 17.0. The minimum Gasteiger partial charge on any atom is -0.496 e. The van der Waals surface area contributed by atoms with Crippen molar-refractivity contribution in [2.45, 2.75) is 38.1 Å². The second kappa shape index (κ2) is 9.05. The van der Waals surface area contributed by atoms with Gasteiger partial charge in [-0.05, 0) is 53.6 Å². The molecule has 180 valence electrons. The van der Waals surface area contributed by atoms with E-state index in [0.29, 0.717) is 27.1 Å². The number of benzene rings is 2. The van der Waals surface area contributed by atoms with Crippen molar-refractivity contribution in [2.24, 2.45) is 0 Å². The number of hydrogen-bond acceptors (Lipinski definition) is 7. The van der Waals surface area contributed by atoms with Gasteiger partial charge in [-0.15, -0.1) is 4.68 Å². The molecule has 0 saturated heterocycles. The Labute approximate surface area is 198 Å². The van der Waals surface area contributed by atoms with Crippen molar-refractivity contribution in [2.75, 3.05) is 12.0 Å². The number of rotatable bonds is 5. The van der Waals surface area contributed by atoms with Crippen LogP contribution >= 0.6 is 0 Å². The van der Waals surface area contributed by atoms with Gasteiger partial charge in [0.05, 0.1) is 30.2 Å². The van der Waals surface area contributed by atoms with Crippen LogP contribution < -0.4 is 15.3 Å². The van der Waals surface area contributed by atoms with E-state index in [9.17, 15) is 19.5 Å². The van der Waals surface area contributed by atoms with Gasteiger partial charge in [-0.3, -0.25) is 4.90 Å². The van der Waals surface area contributed by atoms with Gasteiger partial charge in [0.25, 0.3) is 0 Å². The van der Waals surface area contributed by atoms with Gasteiger partial charge in [-0.2, -0.15) is 4.68 Å². The summed E-state index contributed by atoms with van der Waals surface area (Å²) in [6.07, 6.45) is 5.82. The van der Waals surface area contributed by atoms with Crippen LogP contribution in [0.15, 0.2) is 47.5 Å². The Morgan fingerprint density at radius 1 is 1.14 bits per heavy atom. The average Bonchev–Trinajstić information content (AvgIpc) is 3.51. The molecular weight excluding hydrogens is 454 g/mol. The third-order valence-electron chi connectivity index (χ3n) is 6.26. The van der Waals surface area contributed by atoms with Crippen LogP contribution in [0.25, 0.3) is 16.7 Å². The predicted molar refractivity (Wildman–Crippen MR) is 125 cm³/mol. The van der Waals surface area contributed by atoms with Crippen LogP contribution in [0.5, 0.6) is 5.75 Å². The lowest BCUT2D eigenvalue weighted by Gasteiger charge is -2.33. The Hall–Kier alpha value is -4.48. The fourth-order valence-electron chi connectivity index (χ4n) is 4.58. The summed E-state index contributed by atoms with van der Waals surface area (Å²) in [5.41, 5.74) is 1.14. The Morgan fingerprint density at radius 3 is 2.69 bits per heavy atom. The predicted octanol–water partition coefficient (Wildman–Crippen LogP) is 2.82. The first kappa shape index (κ1) is 22.3. The van der Waals surface area contributed by atoms with Gasteiger partial charge in [0.15, 0.2) is 0 Å². The highest BCUT2D eigenvalue weighted by molar-refractivity contribution is 5.97. The number of methoxy groups -OCH3 is 1. The number of ether oxygens (including phenoxy) is 1. The van der Waals surface area contributed by atoms with Gasteiger partial charge in [0.2, 0.25) is 0 Å². The number of H-pyrrole nitrogens is 1. The normalized spacial score (nSPS) is 14.2. The van der Waals surface area contributed by atoms with Crippen molar-refractivity contribution in [3.8, 4) is 11.4 Å². The zero-order chi connectivity index (χ0) is 24.5. The maximum atomic E-state index is 13.7. The minimum atomic E-state index is -1.18. The molecule has 0 radical (unpaired) electrons. The van der Waals surface area contributed by atoms with Crippen LogP contribution in [0, 0.1) is 0 Å². The van der Waals surface area contributed by atoms with E-state index in [4.69, 9.17) is 4.74 Å². The van der Waals surface area contributed by atoms with Crippen LogP contribution in [-0.2, 0) is 0 Å². The number of carboxylic acids is 1. The standard InChI is InChI=1S/C23H23N7O5/c1-35-19-11-10-15(12-16(19)21(31)32)28(14-6-3-2-4-7-14)22(33)30-23(34)29(26-27-30)18-9-5-8-17-20(18)25-13-24-17/h5,8-14H,2-4,6-7H2,1H3,(H,24,25)(H,31,32). The number of aromatic amines is 1. The lowest BCUT2D eigenvalue weighted by Crippen LogP contribution is -2.47. The van der Waals surface area contributed by atoms with Gasteiger partial charge in [-0.25, -0.2) is 19.4 Å². The highest BCUT2D eigenvalue weighted by Crippen LogP contribution is 2.31. The van der Waals surface area contributed by atoms with Gasteiger partial charge < -0.3 is 14.8 Å². The summed E-state index contributed by atoms with van der Waals surface area (Å²) in [6.45, 7) is 0. The highest BCUT2D eigenvalue weighted by Gasteiger charge is 2.31. The largest absolute Gasteiger partial charge is 0.496 e. The van der Waals surface area contributed by atoms with E-state index >= 15 is 0 Å². The van der Waals surface area contributed by atoms with Crippen LogP contribution in [-0.4, -0.2) is 60.0 Å². The molecule has 2 N–H and O–H groups in total. The number of carbonyl (C=O) groups is 2. The fraction of sp³-hybridized carbons (Fsp3) is 0.304. The Morgan fingerprint density at radius 2 is 1.94 bits per heavy atom. The third-order valence-corrected chi connectivity index (χ3v) is 6.26. The molecule has 2 aromatic heterocycles. The molecule has 12 nitrogen and oxygen atoms in total. The number of nitrogens with zero attached hydrogens (tertiary/aromatic N) is 6. The summed E-state index contributed by atoms with van der Waals surface area (Å²) in [5.74, 6) is -1.01. The molecule has 0 aliphatic heterocycles. The summed E-state index contributed by atoms with van der Waals surface area (Å²) in [4.78, 5) is 47.4. The Balaban J connectivity index is 1.59. The number of para-hydroxylation sites is 1. The smallest absolute Gasteiger partial charge is 0.377 e. The van der Waals surface area contributed by atoms with Crippen LogP contribution in [0.4, 0.5) is 10.5 Å². The van der Waals surface area contributed by atoms with Gasteiger partial charge in [-0.1, -0.05) is 25.3 Å². The molecule has 4 aromatic rings. The lowest BCUT2D eigenvalue weighted by atomic mass is 9.94. The fourth-order valence-corrected chi connectivity index (χ4v) is 4.58. The Bertz CT molecular complexity index is 1460. The van der Waals surface area contributed by atoms with Gasteiger partial charge in [0, 0.05) is 11.7 Å². The first-order valence-electron chi connectivity index (χ1n) is 11.2. The first-order valence-corrected chi connectivity index (χ1v) is 11.2. The molecule has 0 atom stereocenters. The molecule has 1 fully saturated rings. The Kier molecular flexibility index (Phi) is 5.77. The number of anilines is 1. The molecule has 1 aliphatic carbocycles. The molecule has 1 aliphatic rings. The number of aromatic nitrogens is 6. The van der Waals surface area contributed by atoms with Crippen LogP contribution in [0.3, 0.4) is 0 Å². The molecule has 12 heteroatoms. The maximum Gasteiger partial charge on any atom is 0.377 e. The summed E-state index contributed by atoms with van der Waals surface area (Å²) in [5, 5.41) is 17.4. The summed E-state index contributed by atoms with van der Waals surface area (Å²) < 4.78 is 6.90. The van der Waals surface area contributed by atoms with Crippen LogP contribution in [0.1, 0.15) is 42.5 Å². The molecule has 0 spiro atoms. The number of aromatic carboxylic acids is 1. The second-order valence-electron chi connectivity index (χ2n) is 8.29. The van der Waals surface area contributed by atoms with E-state index in [0.717, 1.165) is 36.8 Å². The van der Waals surface area contributed by atoms with Crippen molar-refractivity contribution in [1.29, 1.82) is 0 Å². The minimum absolute atomic E-state index is 0.0828. The molecule has 2 heterocycles. The van der Waals surface area contributed by atoms with E-state index < -0.39 is 17.7 Å². The van der Waals surface area contributed by atoms with E-state index in [-0.39, 0.29) is 17.4 Å². The summed E-state index contributed by atoms with van der Waals surface area (Å²) in [6, 6.07) is 8.75. The molecule has 0 bridgehead atoms. The number of imidazole rings is 1. The molecular formula is C23H23N7O5. The van der Waals surface area contributed by atoms with E-state index in [1.807, 2.05) is 0 Å². The van der Waals surface area contributed by atoms with E-state index in [1.54, 1.807) is 24.3 Å². The zero-order valence-corrected chi connectivity index (χ0v) is 18.9. The van der Waals surface area contributed by atoms with Crippen molar-refractivity contribution in [1.82, 2.24) is 29.8 Å². The SMILES string of the molecule is COc1ccc(N(C(=O)n2nnn(-c3cccc4nc[nH]c34)c2=O)C2CCCCC2)cc1C(=O)O. The van der Waals surface area contributed by atoms with Crippen molar-refractivity contribution < 1.29 is 19.4 Å². The molecule has 0 unspecified atom stereocenters. The quantitative estimate of drug-likeness (QED) is 0.417. The topological polar surface area (TPSA) is 148 Å². The van der Waals surface area contributed by atoms with E-state index in [1.165, 1.54) is 30.5 Å². The number of carbonyl (C=O) groups excluding carboxylic acids is 1. The third kappa shape index (κ3) is 3.92. The van der Waals surface area contributed by atoms with Crippen molar-refractivity contribution in [3.63, 3.8) is 0 Å². The van der Waals surface area contributed by atoms with Gasteiger partial charge in [0.1, 0.15) is 11.3 Å². The lowest BCUT2D eigenvalue weighted by molar-refractivity contribution is 0.0693. The van der Waals surface area contributed by atoms with Crippen molar-refractivity contribution >= 4 is 28.7 Å². The number of tetrazole rings is 1.